The number of aryl methyl sites for hydroxylation is 2. The van der Waals surface area contributed by atoms with E-state index >= 15 is 0 Å². The van der Waals surface area contributed by atoms with Gasteiger partial charge in [0.25, 0.3) is 0 Å². The third-order valence-corrected chi connectivity index (χ3v) is 3.27. The van der Waals surface area contributed by atoms with E-state index in [0.29, 0.717) is 12.5 Å². The zero-order valence-corrected chi connectivity index (χ0v) is 12.6. The van der Waals surface area contributed by atoms with Gasteiger partial charge in [0, 0.05) is 11.9 Å². The average Bonchev–Trinajstić information content (AvgIpc) is 2.87. The minimum atomic E-state index is 0.359. The standard InChI is InChI=1S/C16H18N6/c1-11-7-12(2)9-13(8-11)19-16(17)18-10-15-21-20-14-5-3-4-6-22(14)15/h3-9H,10H2,1-2H3,(H3,17,18,19). The summed E-state index contributed by atoms with van der Waals surface area (Å²) in [6.45, 7) is 4.47. The number of fused-ring (bicyclic) bond motifs is 1. The van der Waals surface area contributed by atoms with E-state index in [2.05, 4.69) is 26.6 Å². The summed E-state index contributed by atoms with van der Waals surface area (Å²) in [6.07, 6.45) is 1.91. The number of benzene rings is 1. The SMILES string of the molecule is Cc1cc(C)cc(NC(N)=NCc2nnc3ccccn23)c1. The molecular weight excluding hydrogens is 276 g/mol. The Morgan fingerprint density at radius 2 is 1.95 bits per heavy atom. The molecule has 3 aromatic rings. The number of nitrogens with two attached hydrogens (primary N) is 1. The van der Waals surface area contributed by atoms with E-state index in [4.69, 9.17) is 5.73 Å². The number of hydrogen-bond donors (Lipinski definition) is 2. The minimum Gasteiger partial charge on any atom is -0.370 e. The molecule has 0 fully saturated rings. The van der Waals surface area contributed by atoms with Gasteiger partial charge in [0.15, 0.2) is 17.4 Å². The summed E-state index contributed by atoms with van der Waals surface area (Å²) in [7, 11) is 0. The van der Waals surface area contributed by atoms with Crippen molar-refractivity contribution in [2.45, 2.75) is 20.4 Å². The van der Waals surface area contributed by atoms with Gasteiger partial charge >= 0.3 is 0 Å². The molecule has 0 atom stereocenters. The molecule has 0 saturated heterocycles. The van der Waals surface area contributed by atoms with Crippen LogP contribution in [0.15, 0.2) is 47.6 Å². The monoisotopic (exact) mass is 294 g/mol. The van der Waals surface area contributed by atoms with E-state index in [-0.39, 0.29) is 0 Å². The largest absolute Gasteiger partial charge is 0.370 e. The van der Waals surface area contributed by atoms with Gasteiger partial charge in [0.1, 0.15) is 6.54 Å². The predicted molar refractivity (Wildman–Crippen MR) is 87.9 cm³/mol. The second kappa shape index (κ2) is 5.85. The van der Waals surface area contributed by atoms with Crippen molar-refractivity contribution in [3.8, 4) is 0 Å². The average molecular weight is 294 g/mol. The Balaban J connectivity index is 1.74. The molecule has 2 heterocycles. The maximum atomic E-state index is 5.95. The van der Waals surface area contributed by atoms with Gasteiger partial charge in [-0.15, -0.1) is 10.2 Å². The van der Waals surface area contributed by atoms with Crippen LogP contribution >= 0.6 is 0 Å². The van der Waals surface area contributed by atoms with E-state index in [9.17, 15) is 0 Å². The zero-order valence-electron chi connectivity index (χ0n) is 12.6. The van der Waals surface area contributed by atoms with Crippen LogP contribution in [-0.2, 0) is 6.54 Å². The molecule has 0 radical (unpaired) electrons. The Morgan fingerprint density at radius 1 is 1.18 bits per heavy atom. The summed E-state index contributed by atoms with van der Waals surface area (Å²) in [6, 6.07) is 11.9. The van der Waals surface area contributed by atoms with Crippen LogP contribution in [0.5, 0.6) is 0 Å². The highest BCUT2D eigenvalue weighted by atomic mass is 15.3. The van der Waals surface area contributed by atoms with Crippen LogP contribution < -0.4 is 11.1 Å². The summed E-state index contributed by atoms with van der Waals surface area (Å²) in [5, 5.41) is 11.3. The van der Waals surface area contributed by atoms with Crippen molar-refractivity contribution in [1.29, 1.82) is 0 Å². The number of nitrogens with zero attached hydrogens (tertiary/aromatic N) is 4. The molecule has 0 unspecified atom stereocenters. The van der Waals surface area contributed by atoms with Crippen molar-refractivity contribution in [2.24, 2.45) is 10.7 Å². The van der Waals surface area contributed by atoms with Gasteiger partial charge in [-0.25, -0.2) is 4.99 Å². The minimum absolute atomic E-state index is 0.359. The first-order valence-electron chi connectivity index (χ1n) is 7.06. The highest BCUT2D eigenvalue weighted by Gasteiger charge is 2.04. The van der Waals surface area contributed by atoms with E-state index in [1.54, 1.807) is 0 Å². The topological polar surface area (TPSA) is 80.6 Å². The molecule has 1 aromatic carbocycles. The summed E-state index contributed by atoms with van der Waals surface area (Å²) >= 11 is 0. The van der Waals surface area contributed by atoms with E-state index < -0.39 is 0 Å². The third-order valence-electron chi connectivity index (χ3n) is 3.27. The molecule has 3 rings (SSSR count). The Morgan fingerprint density at radius 3 is 2.73 bits per heavy atom. The molecule has 3 N–H and O–H groups in total. The van der Waals surface area contributed by atoms with Crippen LogP contribution in [0, 0.1) is 13.8 Å². The highest BCUT2D eigenvalue weighted by Crippen LogP contribution is 2.13. The highest BCUT2D eigenvalue weighted by molar-refractivity contribution is 5.92. The van der Waals surface area contributed by atoms with Crippen molar-refractivity contribution in [3.05, 3.63) is 59.5 Å². The number of aliphatic imine (C=N–C) groups is 1. The molecule has 6 nitrogen and oxygen atoms in total. The molecule has 6 heteroatoms. The van der Waals surface area contributed by atoms with Crippen molar-refractivity contribution in [2.75, 3.05) is 5.32 Å². The van der Waals surface area contributed by atoms with Crippen LogP contribution in [-0.4, -0.2) is 20.6 Å². The molecule has 112 valence electrons. The normalized spacial score (nSPS) is 11.8. The Labute approximate surface area is 128 Å². The molecule has 22 heavy (non-hydrogen) atoms. The number of pyridine rings is 1. The van der Waals surface area contributed by atoms with Gasteiger partial charge < -0.3 is 11.1 Å². The number of rotatable bonds is 3. The first kappa shape index (κ1) is 14.1. The number of anilines is 1. The van der Waals surface area contributed by atoms with Crippen molar-refractivity contribution in [1.82, 2.24) is 14.6 Å². The fourth-order valence-corrected chi connectivity index (χ4v) is 2.39. The van der Waals surface area contributed by atoms with Gasteiger partial charge in [0.05, 0.1) is 0 Å². The lowest BCUT2D eigenvalue weighted by Gasteiger charge is -2.07. The fraction of sp³-hybridized carbons (Fsp3) is 0.188. The lowest BCUT2D eigenvalue weighted by Crippen LogP contribution is -2.22. The van der Waals surface area contributed by atoms with Gasteiger partial charge in [-0.3, -0.25) is 4.40 Å². The second-order valence-corrected chi connectivity index (χ2v) is 5.25. The van der Waals surface area contributed by atoms with Crippen LogP contribution in [0.25, 0.3) is 5.65 Å². The Bertz CT molecular complexity index is 813. The van der Waals surface area contributed by atoms with Crippen molar-refractivity contribution in [3.63, 3.8) is 0 Å². The predicted octanol–water partition coefficient (Wildman–Crippen LogP) is 2.27. The maximum absolute atomic E-state index is 5.95. The fourth-order valence-electron chi connectivity index (χ4n) is 2.39. The Hall–Kier alpha value is -2.89. The van der Waals surface area contributed by atoms with Crippen LogP contribution in [0.3, 0.4) is 0 Å². The van der Waals surface area contributed by atoms with Crippen LogP contribution in [0.1, 0.15) is 17.0 Å². The second-order valence-electron chi connectivity index (χ2n) is 5.25. The Kier molecular flexibility index (Phi) is 3.74. The molecule has 0 aliphatic heterocycles. The third kappa shape index (κ3) is 3.06. The van der Waals surface area contributed by atoms with Crippen LogP contribution in [0.4, 0.5) is 5.69 Å². The molecule has 0 spiro atoms. The molecule has 0 saturated carbocycles. The van der Waals surface area contributed by atoms with E-state index in [1.807, 2.05) is 54.8 Å². The van der Waals surface area contributed by atoms with E-state index in [0.717, 1.165) is 17.2 Å². The zero-order chi connectivity index (χ0) is 15.5. The summed E-state index contributed by atoms with van der Waals surface area (Å²) in [5.41, 5.74) is 10.0. The number of guanidine groups is 1. The lowest BCUT2D eigenvalue weighted by atomic mass is 10.1. The number of aromatic nitrogens is 3. The van der Waals surface area contributed by atoms with Crippen molar-refractivity contribution < 1.29 is 0 Å². The molecule has 0 aliphatic rings. The van der Waals surface area contributed by atoms with Gasteiger partial charge in [-0.05, 0) is 49.2 Å². The summed E-state index contributed by atoms with van der Waals surface area (Å²) < 4.78 is 1.90. The summed E-state index contributed by atoms with van der Waals surface area (Å²) in [4.78, 5) is 4.33. The van der Waals surface area contributed by atoms with Crippen LogP contribution in [0.2, 0.25) is 0 Å². The van der Waals surface area contributed by atoms with E-state index in [1.165, 1.54) is 11.1 Å². The molecule has 0 aliphatic carbocycles. The molecule has 2 aromatic heterocycles. The van der Waals surface area contributed by atoms with Gasteiger partial charge in [-0.2, -0.15) is 0 Å². The van der Waals surface area contributed by atoms with Gasteiger partial charge in [-0.1, -0.05) is 12.1 Å². The molecular formula is C16H18N6. The smallest absolute Gasteiger partial charge is 0.193 e. The molecule has 0 bridgehead atoms. The first-order chi connectivity index (χ1) is 10.6. The maximum Gasteiger partial charge on any atom is 0.193 e. The molecule has 0 amide bonds. The number of nitrogens with one attached hydrogen (secondary N) is 1. The van der Waals surface area contributed by atoms with Gasteiger partial charge in [0.2, 0.25) is 0 Å². The first-order valence-corrected chi connectivity index (χ1v) is 7.06. The quantitative estimate of drug-likeness (QED) is 0.573. The number of hydrogen-bond acceptors (Lipinski definition) is 3. The lowest BCUT2D eigenvalue weighted by molar-refractivity contribution is 0.881. The van der Waals surface area contributed by atoms with Crippen molar-refractivity contribution >= 4 is 17.3 Å². The summed E-state index contributed by atoms with van der Waals surface area (Å²) in [5.74, 6) is 1.11.